The molecule has 2 unspecified atom stereocenters. The molecule has 1 rings (SSSR count). The van der Waals surface area contributed by atoms with Crippen LogP contribution < -0.4 is 0 Å². The minimum absolute atomic E-state index is 0.549. The Morgan fingerprint density at radius 2 is 2.08 bits per heavy atom. The van der Waals surface area contributed by atoms with E-state index in [2.05, 4.69) is 4.18 Å². The Labute approximate surface area is 78.0 Å². The third kappa shape index (κ3) is 3.22. The van der Waals surface area contributed by atoms with E-state index in [1.807, 2.05) is 0 Å². The molecule has 1 aromatic rings. The van der Waals surface area contributed by atoms with Crippen molar-refractivity contribution in [2.24, 2.45) is 0 Å². The third-order valence-electron chi connectivity index (χ3n) is 1.51. The molecule has 0 aliphatic heterocycles. The van der Waals surface area contributed by atoms with Gasteiger partial charge in [0, 0.05) is 0 Å². The van der Waals surface area contributed by atoms with Crippen LogP contribution in [0.2, 0.25) is 0 Å². The molecule has 1 aromatic carbocycles. The molecule has 1 N–H and O–H groups in total. The molecule has 0 heterocycles. The standard InChI is InChI=1S/C8H9FO3S/c9-6-8(12-13(10)11)7-4-2-1-3-5-7/h1-5,8H,6H2,(H,10,11). The second-order valence-corrected chi connectivity index (χ2v) is 2.99. The fourth-order valence-corrected chi connectivity index (χ4v) is 1.30. The minimum atomic E-state index is -2.44. The Morgan fingerprint density at radius 1 is 1.46 bits per heavy atom. The van der Waals surface area contributed by atoms with Gasteiger partial charge in [0.1, 0.15) is 12.8 Å². The van der Waals surface area contributed by atoms with Crippen LogP contribution in [0, 0.1) is 0 Å². The zero-order chi connectivity index (χ0) is 9.68. The molecule has 13 heavy (non-hydrogen) atoms. The summed E-state index contributed by atoms with van der Waals surface area (Å²) in [4.78, 5) is 0. The minimum Gasteiger partial charge on any atom is -0.284 e. The van der Waals surface area contributed by atoms with Crippen LogP contribution in [-0.2, 0) is 15.5 Å². The van der Waals surface area contributed by atoms with Crippen molar-refractivity contribution >= 4 is 11.4 Å². The lowest BCUT2D eigenvalue weighted by molar-refractivity contribution is 0.170. The van der Waals surface area contributed by atoms with Gasteiger partial charge in [-0.15, -0.1) is 0 Å². The van der Waals surface area contributed by atoms with Crippen molar-refractivity contribution < 1.29 is 17.3 Å². The fraction of sp³-hybridized carbons (Fsp3) is 0.250. The van der Waals surface area contributed by atoms with Crippen molar-refractivity contribution in [3.05, 3.63) is 35.9 Å². The van der Waals surface area contributed by atoms with Crippen LogP contribution in [-0.4, -0.2) is 15.4 Å². The molecule has 0 aliphatic rings. The summed E-state index contributed by atoms with van der Waals surface area (Å²) in [7, 11) is 0. The highest BCUT2D eigenvalue weighted by molar-refractivity contribution is 7.74. The molecule has 0 saturated heterocycles. The average molecular weight is 204 g/mol. The van der Waals surface area contributed by atoms with Crippen LogP contribution >= 0.6 is 0 Å². The van der Waals surface area contributed by atoms with Crippen LogP contribution in [0.25, 0.3) is 0 Å². The number of halogens is 1. The topological polar surface area (TPSA) is 46.5 Å². The Bertz CT molecular complexity index is 278. The summed E-state index contributed by atoms with van der Waals surface area (Å²) in [6, 6.07) is 8.46. The van der Waals surface area contributed by atoms with Crippen molar-refractivity contribution in [1.82, 2.24) is 0 Å². The molecule has 0 saturated carbocycles. The zero-order valence-electron chi connectivity index (χ0n) is 6.72. The van der Waals surface area contributed by atoms with Crippen LogP contribution in [0.4, 0.5) is 4.39 Å². The highest BCUT2D eigenvalue weighted by atomic mass is 32.2. The van der Waals surface area contributed by atoms with Gasteiger partial charge < -0.3 is 0 Å². The maximum Gasteiger partial charge on any atom is 0.302 e. The van der Waals surface area contributed by atoms with E-state index in [0.29, 0.717) is 5.56 Å². The maximum absolute atomic E-state index is 12.3. The largest absolute Gasteiger partial charge is 0.302 e. The summed E-state index contributed by atoms with van der Waals surface area (Å²) < 4.78 is 35.4. The first-order chi connectivity index (χ1) is 6.24. The van der Waals surface area contributed by atoms with Crippen molar-refractivity contribution in [2.75, 3.05) is 6.67 Å². The van der Waals surface area contributed by atoms with E-state index < -0.39 is 24.1 Å². The maximum atomic E-state index is 12.3. The van der Waals surface area contributed by atoms with Crippen LogP contribution in [0.1, 0.15) is 11.7 Å². The second kappa shape index (κ2) is 5.06. The smallest absolute Gasteiger partial charge is 0.284 e. The van der Waals surface area contributed by atoms with Gasteiger partial charge in [-0.25, -0.2) is 4.39 Å². The molecular weight excluding hydrogens is 195 g/mol. The van der Waals surface area contributed by atoms with E-state index in [0.717, 1.165) is 0 Å². The normalized spacial score (nSPS) is 15.2. The predicted octanol–water partition coefficient (Wildman–Crippen LogP) is 1.85. The average Bonchev–Trinajstić information content (AvgIpc) is 2.15. The van der Waals surface area contributed by atoms with Gasteiger partial charge in [0.25, 0.3) is 0 Å². The van der Waals surface area contributed by atoms with Gasteiger partial charge in [-0.3, -0.25) is 8.74 Å². The Hall–Kier alpha value is -0.780. The molecule has 2 atom stereocenters. The lowest BCUT2D eigenvalue weighted by Crippen LogP contribution is -2.07. The third-order valence-corrected chi connectivity index (χ3v) is 1.91. The summed E-state index contributed by atoms with van der Waals surface area (Å²) in [5, 5.41) is 0. The predicted molar refractivity (Wildman–Crippen MR) is 47.0 cm³/mol. The molecule has 0 aliphatic carbocycles. The van der Waals surface area contributed by atoms with Gasteiger partial charge in [-0.1, -0.05) is 30.3 Å². The highest BCUT2D eigenvalue weighted by Crippen LogP contribution is 2.18. The number of hydrogen-bond donors (Lipinski definition) is 1. The van der Waals surface area contributed by atoms with Gasteiger partial charge in [-0.2, -0.15) is 4.21 Å². The molecule has 0 aromatic heterocycles. The van der Waals surface area contributed by atoms with Gasteiger partial charge in [-0.05, 0) is 5.56 Å². The van der Waals surface area contributed by atoms with E-state index in [4.69, 9.17) is 4.55 Å². The Kier molecular flexibility index (Phi) is 4.01. The molecule has 0 fully saturated rings. The molecule has 3 nitrogen and oxygen atoms in total. The molecular formula is C8H9FO3S. The van der Waals surface area contributed by atoms with Crippen molar-refractivity contribution in [3.63, 3.8) is 0 Å². The fourth-order valence-electron chi connectivity index (χ4n) is 0.937. The number of rotatable bonds is 4. The molecule has 0 radical (unpaired) electrons. The molecule has 72 valence electrons. The van der Waals surface area contributed by atoms with Crippen molar-refractivity contribution in [1.29, 1.82) is 0 Å². The lowest BCUT2D eigenvalue weighted by atomic mass is 10.1. The molecule has 0 amide bonds. The Balaban J connectivity index is 2.73. The summed E-state index contributed by atoms with van der Waals surface area (Å²) in [5.41, 5.74) is 0.549. The number of benzene rings is 1. The van der Waals surface area contributed by atoms with E-state index in [1.54, 1.807) is 30.3 Å². The summed E-state index contributed by atoms with van der Waals surface area (Å²) >= 11 is -2.44. The molecule has 0 spiro atoms. The van der Waals surface area contributed by atoms with Crippen LogP contribution in [0.3, 0.4) is 0 Å². The van der Waals surface area contributed by atoms with Gasteiger partial charge in [0.05, 0.1) is 0 Å². The van der Waals surface area contributed by atoms with Crippen molar-refractivity contribution in [2.45, 2.75) is 6.10 Å². The van der Waals surface area contributed by atoms with Gasteiger partial charge in [0.15, 0.2) is 0 Å². The SMILES string of the molecule is O=S(O)OC(CF)c1ccccc1. The van der Waals surface area contributed by atoms with E-state index >= 15 is 0 Å². The highest BCUT2D eigenvalue weighted by Gasteiger charge is 2.13. The summed E-state index contributed by atoms with van der Waals surface area (Å²) in [6.07, 6.45) is -0.966. The molecule has 0 bridgehead atoms. The van der Waals surface area contributed by atoms with E-state index in [1.165, 1.54) is 0 Å². The summed E-state index contributed by atoms with van der Waals surface area (Å²) in [6.45, 7) is -0.823. The quantitative estimate of drug-likeness (QED) is 0.761. The van der Waals surface area contributed by atoms with E-state index in [-0.39, 0.29) is 0 Å². The van der Waals surface area contributed by atoms with Crippen LogP contribution in [0.5, 0.6) is 0 Å². The first-order valence-electron chi connectivity index (χ1n) is 3.63. The first-order valence-corrected chi connectivity index (χ1v) is 4.66. The van der Waals surface area contributed by atoms with Gasteiger partial charge >= 0.3 is 11.4 Å². The first kappa shape index (κ1) is 10.3. The second-order valence-electron chi connectivity index (χ2n) is 2.37. The van der Waals surface area contributed by atoms with Gasteiger partial charge in [0.2, 0.25) is 0 Å². The van der Waals surface area contributed by atoms with E-state index in [9.17, 15) is 8.60 Å². The zero-order valence-corrected chi connectivity index (χ0v) is 7.54. The number of alkyl halides is 1. The number of hydrogen-bond acceptors (Lipinski definition) is 2. The lowest BCUT2D eigenvalue weighted by Gasteiger charge is -2.10. The van der Waals surface area contributed by atoms with Crippen LogP contribution in [0.15, 0.2) is 30.3 Å². The summed E-state index contributed by atoms with van der Waals surface area (Å²) in [5.74, 6) is 0. The molecule has 5 heteroatoms. The monoisotopic (exact) mass is 204 g/mol. The Morgan fingerprint density at radius 3 is 2.54 bits per heavy atom. The van der Waals surface area contributed by atoms with Crippen molar-refractivity contribution in [3.8, 4) is 0 Å².